The van der Waals surface area contributed by atoms with Crippen molar-refractivity contribution in [2.75, 3.05) is 0 Å². The van der Waals surface area contributed by atoms with Gasteiger partial charge in [-0.05, 0) is 31.6 Å². The van der Waals surface area contributed by atoms with E-state index in [4.69, 9.17) is 10.3 Å². The van der Waals surface area contributed by atoms with E-state index in [1.165, 1.54) is 38.5 Å². The van der Waals surface area contributed by atoms with Crippen molar-refractivity contribution in [1.29, 1.82) is 0 Å². The number of nitrogens with zero attached hydrogens (tertiary/aromatic N) is 2. The summed E-state index contributed by atoms with van der Waals surface area (Å²) in [5.41, 5.74) is 6.41. The Bertz CT molecular complexity index is 391. The van der Waals surface area contributed by atoms with E-state index in [0.717, 1.165) is 18.1 Å². The maximum Gasteiger partial charge on any atom is 0.228 e. The lowest BCUT2D eigenvalue weighted by atomic mass is 9.96. The largest absolute Gasteiger partial charge is 0.339 e. The molecule has 1 heterocycles. The zero-order valence-electron chi connectivity index (χ0n) is 10.5. The minimum Gasteiger partial charge on any atom is -0.339 e. The van der Waals surface area contributed by atoms with Gasteiger partial charge in [-0.25, -0.2) is 0 Å². The molecule has 0 aliphatic heterocycles. The Labute approximate surface area is 102 Å². The fourth-order valence-corrected chi connectivity index (χ4v) is 2.75. The highest BCUT2D eigenvalue weighted by Gasteiger charge is 2.43. The molecule has 0 amide bonds. The van der Waals surface area contributed by atoms with Crippen molar-refractivity contribution in [1.82, 2.24) is 10.1 Å². The Hall–Kier alpha value is -0.900. The van der Waals surface area contributed by atoms with Crippen LogP contribution in [0.4, 0.5) is 0 Å². The number of aromatic nitrogens is 2. The van der Waals surface area contributed by atoms with Crippen LogP contribution in [0, 0.1) is 5.92 Å². The molecule has 2 saturated carbocycles. The minimum atomic E-state index is 0.192. The third kappa shape index (κ3) is 2.23. The van der Waals surface area contributed by atoms with Crippen LogP contribution in [0.1, 0.15) is 57.2 Å². The van der Waals surface area contributed by atoms with Crippen LogP contribution in [0.2, 0.25) is 0 Å². The molecule has 17 heavy (non-hydrogen) atoms. The fraction of sp³-hybridized carbons (Fsp3) is 0.846. The molecule has 94 valence electrons. The van der Waals surface area contributed by atoms with Gasteiger partial charge >= 0.3 is 0 Å². The van der Waals surface area contributed by atoms with Crippen molar-refractivity contribution < 1.29 is 4.52 Å². The van der Waals surface area contributed by atoms with E-state index in [2.05, 4.69) is 17.1 Å². The Balaban J connectivity index is 1.62. The Morgan fingerprint density at radius 1 is 1.41 bits per heavy atom. The molecule has 1 aromatic heterocycles. The second-order valence-electron chi connectivity index (χ2n) is 5.98. The Kier molecular flexibility index (Phi) is 2.69. The molecular formula is C13H21N3O. The lowest BCUT2D eigenvalue weighted by Gasteiger charge is -2.16. The summed E-state index contributed by atoms with van der Waals surface area (Å²) in [4.78, 5) is 4.50. The number of hydrogen-bond acceptors (Lipinski definition) is 4. The monoisotopic (exact) mass is 235 g/mol. The van der Waals surface area contributed by atoms with Crippen molar-refractivity contribution >= 4 is 0 Å². The molecule has 4 nitrogen and oxygen atoms in total. The number of nitrogens with two attached hydrogens (primary N) is 1. The van der Waals surface area contributed by atoms with E-state index in [1.807, 2.05) is 0 Å². The molecule has 3 rings (SSSR count). The molecule has 4 heteroatoms. The first kappa shape index (κ1) is 11.2. The van der Waals surface area contributed by atoms with E-state index in [-0.39, 0.29) is 11.5 Å². The van der Waals surface area contributed by atoms with Gasteiger partial charge in [0.1, 0.15) is 0 Å². The van der Waals surface area contributed by atoms with Gasteiger partial charge in [-0.15, -0.1) is 0 Å². The Morgan fingerprint density at radius 3 is 2.76 bits per heavy atom. The molecule has 1 atom stereocenters. The minimum absolute atomic E-state index is 0.192. The Morgan fingerprint density at radius 2 is 2.12 bits per heavy atom. The average Bonchev–Trinajstić information content (AvgIpc) is 2.79. The lowest BCUT2D eigenvalue weighted by Crippen LogP contribution is -2.30. The van der Waals surface area contributed by atoms with E-state index in [1.54, 1.807) is 0 Å². The van der Waals surface area contributed by atoms with Gasteiger partial charge in [0.2, 0.25) is 5.89 Å². The normalized spacial score (nSPS) is 25.1. The molecule has 1 unspecified atom stereocenters. The lowest BCUT2D eigenvalue weighted by molar-refractivity contribution is 0.337. The van der Waals surface area contributed by atoms with Crippen LogP contribution in [0.25, 0.3) is 0 Å². The van der Waals surface area contributed by atoms with Crippen LogP contribution < -0.4 is 5.73 Å². The second-order valence-corrected chi connectivity index (χ2v) is 5.98. The molecule has 2 aliphatic rings. The molecule has 0 radical (unpaired) electrons. The summed E-state index contributed by atoms with van der Waals surface area (Å²) in [7, 11) is 0. The summed E-state index contributed by atoms with van der Waals surface area (Å²) in [6, 6.07) is 0.192. The van der Waals surface area contributed by atoms with Gasteiger partial charge in [0, 0.05) is 17.9 Å². The van der Waals surface area contributed by atoms with E-state index in [9.17, 15) is 0 Å². The third-order valence-corrected chi connectivity index (χ3v) is 4.42. The van der Waals surface area contributed by atoms with Crippen LogP contribution in [0.3, 0.4) is 0 Å². The van der Waals surface area contributed by atoms with Crippen LogP contribution in [-0.4, -0.2) is 16.2 Å². The first-order chi connectivity index (χ1) is 8.17. The molecule has 1 aromatic rings. The van der Waals surface area contributed by atoms with E-state index in [0.29, 0.717) is 5.92 Å². The zero-order chi connectivity index (χ0) is 11.9. The first-order valence-corrected chi connectivity index (χ1v) is 6.76. The van der Waals surface area contributed by atoms with Gasteiger partial charge < -0.3 is 10.3 Å². The molecule has 0 aromatic carbocycles. The fourth-order valence-electron chi connectivity index (χ4n) is 2.75. The van der Waals surface area contributed by atoms with Crippen molar-refractivity contribution in [3.8, 4) is 0 Å². The summed E-state index contributed by atoms with van der Waals surface area (Å²) >= 11 is 0. The van der Waals surface area contributed by atoms with Crippen molar-refractivity contribution in [3.63, 3.8) is 0 Å². The summed E-state index contributed by atoms with van der Waals surface area (Å²) < 4.78 is 5.32. The highest BCUT2D eigenvalue weighted by Crippen LogP contribution is 2.46. The second kappa shape index (κ2) is 4.09. The van der Waals surface area contributed by atoms with Crippen LogP contribution in [0.5, 0.6) is 0 Å². The zero-order valence-corrected chi connectivity index (χ0v) is 10.5. The van der Waals surface area contributed by atoms with Crippen LogP contribution in [0.15, 0.2) is 4.52 Å². The molecule has 2 fully saturated rings. The van der Waals surface area contributed by atoms with Gasteiger partial charge in [0.25, 0.3) is 0 Å². The smallest absolute Gasteiger partial charge is 0.228 e. The third-order valence-electron chi connectivity index (χ3n) is 4.42. The standard InChI is InChI=1S/C13H21N3O/c1-13(6-7-13)12-15-11(17-16-12)8-10(14)9-4-2-3-5-9/h9-10H,2-8,14H2,1H3. The molecule has 2 aliphatic carbocycles. The molecule has 2 N–H and O–H groups in total. The maximum absolute atomic E-state index is 6.22. The highest BCUT2D eigenvalue weighted by atomic mass is 16.5. The topological polar surface area (TPSA) is 64.9 Å². The maximum atomic E-state index is 6.22. The van der Waals surface area contributed by atoms with Crippen LogP contribution in [-0.2, 0) is 11.8 Å². The SMILES string of the molecule is CC1(c2noc(CC(N)C3CCCC3)n2)CC1. The quantitative estimate of drug-likeness (QED) is 0.868. The van der Waals surface area contributed by atoms with Gasteiger partial charge in [-0.1, -0.05) is 24.9 Å². The van der Waals surface area contributed by atoms with Gasteiger partial charge in [-0.3, -0.25) is 0 Å². The number of hydrogen-bond donors (Lipinski definition) is 1. The summed E-state index contributed by atoms with van der Waals surface area (Å²) in [6.45, 7) is 2.19. The van der Waals surface area contributed by atoms with Crippen molar-refractivity contribution in [2.45, 2.75) is 63.3 Å². The molecular weight excluding hydrogens is 214 g/mol. The average molecular weight is 235 g/mol. The first-order valence-electron chi connectivity index (χ1n) is 6.76. The van der Waals surface area contributed by atoms with Crippen LogP contribution >= 0.6 is 0 Å². The molecule has 0 spiro atoms. The van der Waals surface area contributed by atoms with Crippen molar-refractivity contribution in [2.24, 2.45) is 11.7 Å². The summed E-state index contributed by atoms with van der Waals surface area (Å²) in [6.07, 6.45) is 8.28. The predicted octanol–water partition coefficient (Wildman–Crippen LogP) is 2.18. The van der Waals surface area contributed by atoms with Crippen molar-refractivity contribution in [3.05, 3.63) is 11.7 Å². The highest BCUT2D eigenvalue weighted by molar-refractivity contribution is 5.14. The predicted molar refractivity (Wildman–Crippen MR) is 64.5 cm³/mol. The summed E-state index contributed by atoms with van der Waals surface area (Å²) in [5.74, 6) is 2.26. The molecule has 0 saturated heterocycles. The summed E-state index contributed by atoms with van der Waals surface area (Å²) in [5, 5.41) is 4.09. The van der Waals surface area contributed by atoms with Gasteiger partial charge in [0.05, 0.1) is 0 Å². The van der Waals surface area contributed by atoms with Gasteiger partial charge in [-0.2, -0.15) is 4.98 Å². The van der Waals surface area contributed by atoms with E-state index >= 15 is 0 Å². The van der Waals surface area contributed by atoms with E-state index < -0.39 is 0 Å². The van der Waals surface area contributed by atoms with Gasteiger partial charge in [0.15, 0.2) is 5.82 Å². The molecule has 0 bridgehead atoms. The number of rotatable bonds is 4.